The minimum Gasteiger partial charge on any atom is -0.492 e. The number of ether oxygens (including phenoxy) is 2. The molecule has 0 radical (unpaired) electrons. The summed E-state index contributed by atoms with van der Waals surface area (Å²) in [5, 5.41) is 6.15. The van der Waals surface area contributed by atoms with E-state index in [1.165, 1.54) is 0 Å². The van der Waals surface area contributed by atoms with Crippen LogP contribution in [0.5, 0.6) is 11.5 Å². The van der Waals surface area contributed by atoms with E-state index in [4.69, 9.17) is 9.47 Å². The molecule has 29 heavy (non-hydrogen) atoms. The normalized spacial score (nSPS) is 10.2. The Labute approximate surface area is 171 Å². The molecule has 3 rings (SSSR count). The van der Waals surface area contributed by atoms with E-state index in [1.807, 2.05) is 85.8 Å². The summed E-state index contributed by atoms with van der Waals surface area (Å²) in [4.78, 5) is 12.2. The topological polar surface area (TPSA) is 59.6 Å². The molecule has 0 fully saturated rings. The highest BCUT2D eigenvalue weighted by Gasteiger charge is 2.07. The van der Waals surface area contributed by atoms with Crippen molar-refractivity contribution in [3.05, 3.63) is 84.4 Å². The lowest BCUT2D eigenvalue weighted by atomic mass is 10.2. The predicted octanol–water partition coefficient (Wildman–Crippen LogP) is 5.11. The first kappa shape index (κ1) is 20.3. The largest absolute Gasteiger partial charge is 0.492 e. The van der Waals surface area contributed by atoms with Gasteiger partial charge in [-0.25, -0.2) is 0 Å². The van der Waals surface area contributed by atoms with Crippen LogP contribution in [0.4, 0.5) is 11.4 Å². The van der Waals surface area contributed by atoms with Crippen LogP contribution in [0, 0.1) is 0 Å². The smallest absolute Gasteiger partial charge is 0.226 e. The van der Waals surface area contributed by atoms with Crippen molar-refractivity contribution < 1.29 is 14.3 Å². The summed E-state index contributed by atoms with van der Waals surface area (Å²) in [6, 6.07) is 25.2. The van der Waals surface area contributed by atoms with E-state index in [9.17, 15) is 4.79 Å². The van der Waals surface area contributed by atoms with Crippen molar-refractivity contribution in [2.24, 2.45) is 0 Å². The molecule has 0 aromatic heterocycles. The van der Waals surface area contributed by atoms with Crippen molar-refractivity contribution in [2.45, 2.75) is 20.0 Å². The predicted molar refractivity (Wildman–Crippen MR) is 117 cm³/mol. The van der Waals surface area contributed by atoms with Gasteiger partial charge in [-0.3, -0.25) is 4.79 Å². The van der Waals surface area contributed by atoms with Crippen LogP contribution in [0.15, 0.2) is 78.9 Å². The number of carbonyl (C=O) groups excluding carboxylic acids is 1. The fourth-order valence-electron chi connectivity index (χ4n) is 2.79. The summed E-state index contributed by atoms with van der Waals surface area (Å²) in [5.41, 5.74) is 2.77. The molecule has 0 aliphatic rings. The first-order valence-corrected chi connectivity index (χ1v) is 9.77. The van der Waals surface area contributed by atoms with Gasteiger partial charge in [0.2, 0.25) is 5.91 Å². The molecule has 3 aromatic rings. The van der Waals surface area contributed by atoms with Crippen molar-refractivity contribution in [3.63, 3.8) is 0 Å². The van der Waals surface area contributed by atoms with Gasteiger partial charge in [0, 0.05) is 18.7 Å². The average molecular weight is 390 g/mol. The van der Waals surface area contributed by atoms with Crippen LogP contribution in [-0.2, 0) is 11.4 Å². The Balaban J connectivity index is 1.41. The number of hydrogen-bond acceptors (Lipinski definition) is 4. The first-order valence-electron chi connectivity index (χ1n) is 9.77. The fraction of sp³-hybridized carbons (Fsp3) is 0.208. The van der Waals surface area contributed by atoms with Crippen molar-refractivity contribution in [3.8, 4) is 11.5 Å². The zero-order valence-corrected chi connectivity index (χ0v) is 16.6. The van der Waals surface area contributed by atoms with Crippen LogP contribution >= 0.6 is 0 Å². The molecular formula is C24H26N2O3. The van der Waals surface area contributed by atoms with Gasteiger partial charge in [-0.15, -0.1) is 0 Å². The van der Waals surface area contributed by atoms with Crippen LogP contribution < -0.4 is 20.1 Å². The second kappa shape index (κ2) is 10.8. The van der Waals surface area contributed by atoms with Crippen molar-refractivity contribution in [2.75, 3.05) is 23.8 Å². The van der Waals surface area contributed by atoms with E-state index in [1.54, 1.807) is 0 Å². The number of carbonyl (C=O) groups is 1. The van der Waals surface area contributed by atoms with Crippen LogP contribution in [0.1, 0.15) is 18.9 Å². The Morgan fingerprint density at radius 1 is 0.862 bits per heavy atom. The molecule has 5 nitrogen and oxygen atoms in total. The second-order valence-electron chi connectivity index (χ2n) is 6.45. The van der Waals surface area contributed by atoms with Gasteiger partial charge in [-0.2, -0.15) is 0 Å². The lowest BCUT2D eigenvalue weighted by Gasteiger charge is -2.12. The van der Waals surface area contributed by atoms with Gasteiger partial charge in [-0.1, -0.05) is 42.5 Å². The number of para-hydroxylation sites is 2. The van der Waals surface area contributed by atoms with Gasteiger partial charge in [-0.05, 0) is 48.9 Å². The number of hydrogen-bond donors (Lipinski definition) is 2. The van der Waals surface area contributed by atoms with Crippen LogP contribution in [-0.4, -0.2) is 19.1 Å². The molecule has 0 unspecified atom stereocenters. The first-order chi connectivity index (χ1) is 14.2. The molecule has 1 amide bonds. The summed E-state index contributed by atoms with van der Waals surface area (Å²) in [6.45, 7) is 3.55. The van der Waals surface area contributed by atoms with Gasteiger partial charge in [0.05, 0.1) is 12.3 Å². The van der Waals surface area contributed by atoms with E-state index >= 15 is 0 Å². The summed E-state index contributed by atoms with van der Waals surface area (Å²) < 4.78 is 11.3. The molecule has 3 aromatic carbocycles. The second-order valence-corrected chi connectivity index (χ2v) is 6.45. The Morgan fingerprint density at radius 3 is 2.34 bits per heavy atom. The van der Waals surface area contributed by atoms with Crippen LogP contribution in [0.25, 0.3) is 0 Å². The molecular weight excluding hydrogens is 364 g/mol. The number of nitrogens with one attached hydrogen (secondary N) is 2. The zero-order valence-electron chi connectivity index (χ0n) is 16.6. The molecule has 0 heterocycles. The quantitative estimate of drug-likeness (QED) is 0.505. The molecule has 0 spiro atoms. The van der Waals surface area contributed by atoms with E-state index in [-0.39, 0.29) is 5.91 Å². The number of benzene rings is 3. The Bertz CT molecular complexity index is 896. The lowest BCUT2D eigenvalue weighted by Crippen LogP contribution is -2.16. The Kier molecular flexibility index (Phi) is 7.52. The molecule has 0 aliphatic carbocycles. The fourth-order valence-corrected chi connectivity index (χ4v) is 2.79. The van der Waals surface area contributed by atoms with Crippen LogP contribution in [0.3, 0.4) is 0 Å². The summed E-state index contributed by atoms with van der Waals surface area (Å²) in [5.74, 6) is 1.43. The highest BCUT2D eigenvalue weighted by Crippen LogP contribution is 2.23. The van der Waals surface area contributed by atoms with Gasteiger partial charge in [0.15, 0.2) is 0 Å². The maximum atomic E-state index is 12.2. The molecule has 0 atom stereocenters. The van der Waals surface area contributed by atoms with Crippen molar-refractivity contribution in [1.82, 2.24) is 0 Å². The average Bonchev–Trinajstić information content (AvgIpc) is 2.75. The summed E-state index contributed by atoms with van der Waals surface area (Å²) in [7, 11) is 0. The monoisotopic (exact) mass is 390 g/mol. The maximum absolute atomic E-state index is 12.2. The molecule has 0 aliphatic heterocycles. The Hall–Kier alpha value is -3.47. The molecule has 0 saturated heterocycles. The van der Waals surface area contributed by atoms with E-state index < -0.39 is 0 Å². The zero-order chi connectivity index (χ0) is 20.3. The highest BCUT2D eigenvalue weighted by atomic mass is 16.5. The number of rotatable bonds is 10. The Morgan fingerprint density at radius 2 is 1.59 bits per heavy atom. The van der Waals surface area contributed by atoms with Gasteiger partial charge >= 0.3 is 0 Å². The van der Waals surface area contributed by atoms with Crippen molar-refractivity contribution >= 4 is 17.3 Å². The SMILES string of the molecule is CCOc1ccccc1NC(=O)CCNc1ccc(OCc2ccccc2)cc1. The van der Waals surface area contributed by atoms with E-state index in [0.29, 0.717) is 37.6 Å². The third kappa shape index (κ3) is 6.57. The van der Waals surface area contributed by atoms with Gasteiger partial charge < -0.3 is 20.1 Å². The van der Waals surface area contributed by atoms with E-state index in [0.717, 1.165) is 17.0 Å². The highest BCUT2D eigenvalue weighted by molar-refractivity contribution is 5.92. The molecule has 0 saturated carbocycles. The summed E-state index contributed by atoms with van der Waals surface area (Å²) in [6.07, 6.45) is 0.354. The van der Waals surface area contributed by atoms with Gasteiger partial charge in [0.25, 0.3) is 0 Å². The standard InChI is InChI=1S/C24H26N2O3/c1-2-28-23-11-7-6-10-22(23)26-24(27)16-17-25-20-12-14-21(15-13-20)29-18-19-8-4-3-5-9-19/h3-15,25H,2,16-18H2,1H3,(H,26,27). The van der Waals surface area contributed by atoms with Gasteiger partial charge in [0.1, 0.15) is 18.1 Å². The molecule has 5 heteroatoms. The molecule has 2 N–H and O–H groups in total. The third-order valence-electron chi connectivity index (χ3n) is 4.24. The van der Waals surface area contributed by atoms with E-state index in [2.05, 4.69) is 10.6 Å². The number of amides is 1. The molecule has 150 valence electrons. The minimum atomic E-state index is -0.0625. The summed E-state index contributed by atoms with van der Waals surface area (Å²) >= 11 is 0. The van der Waals surface area contributed by atoms with Crippen molar-refractivity contribution in [1.29, 1.82) is 0 Å². The lowest BCUT2D eigenvalue weighted by molar-refractivity contribution is -0.116. The third-order valence-corrected chi connectivity index (χ3v) is 4.24. The number of anilines is 2. The van der Waals surface area contributed by atoms with Crippen LogP contribution in [0.2, 0.25) is 0 Å². The molecule has 0 bridgehead atoms. The maximum Gasteiger partial charge on any atom is 0.226 e. The minimum absolute atomic E-state index is 0.0625.